The first-order valence-electron chi connectivity index (χ1n) is 2.41. The lowest BCUT2D eigenvalue weighted by Gasteiger charge is -1.96. The monoisotopic (exact) mass is 131 g/mol. The number of nitrogens with zero attached hydrogens (tertiary/aromatic N) is 2. The molecule has 0 aliphatic carbocycles. The Hall–Kier alpha value is -0.550. The molecule has 1 atom stereocenters. The molecule has 0 fully saturated rings. The lowest BCUT2D eigenvalue weighted by molar-refractivity contribution is -0.809. The molecular formula is C3H7N4S+. The lowest BCUT2D eigenvalue weighted by atomic mass is 10.7. The number of hydrogen-bond acceptors (Lipinski definition) is 3. The van der Waals surface area contributed by atoms with Crippen molar-refractivity contribution in [1.82, 2.24) is 5.43 Å². The van der Waals surface area contributed by atoms with Crippen LogP contribution in [0.5, 0.6) is 0 Å². The van der Waals surface area contributed by atoms with Crippen LogP contribution in [0.1, 0.15) is 6.92 Å². The van der Waals surface area contributed by atoms with E-state index in [-0.39, 0.29) is 0 Å². The molecule has 1 heterocycles. The molecule has 0 bridgehead atoms. The molecule has 0 saturated heterocycles. The Morgan fingerprint density at radius 3 is 2.88 bits per heavy atom. The lowest BCUT2D eigenvalue weighted by Crippen LogP contribution is -3.09. The minimum atomic E-state index is 0.660. The minimum Gasteiger partial charge on any atom is -0.197 e. The summed E-state index contributed by atoms with van der Waals surface area (Å²) in [5, 5.41) is 8.77. The van der Waals surface area contributed by atoms with Crippen LogP contribution in [0.25, 0.3) is 0 Å². The smallest absolute Gasteiger partial charge is 0.197 e. The van der Waals surface area contributed by atoms with Crippen molar-refractivity contribution in [3.63, 3.8) is 0 Å². The highest BCUT2D eigenvalue weighted by Gasteiger charge is 2.17. The zero-order valence-electron chi connectivity index (χ0n) is 4.51. The Morgan fingerprint density at radius 2 is 2.62 bits per heavy atom. The van der Waals surface area contributed by atoms with Gasteiger partial charge in [-0.25, -0.2) is 0 Å². The van der Waals surface area contributed by atoms with E-state index in [1.165, 1.54) is 0 Å². The molecule has 0 aromatic rings. The molecule has 5 heteroatoms. The summed E-state index contributed by atoms with van der Waals surface area (Å²) in [5.74, 6) is 0. The number of nitrogens with one attached hydrogen (secondary N) is 2. The van der Waals surface area contributed by atoms with Crippen molar-refractivity contribution in [3.05, 3.63) is 0 Å². The van der Waals surface area contributed by atoms with Crippen LogP contribution in [0.2, 0.25) is 0 Å². The van der Waals surface area contributed by atoms with Crippen LogP contribution in [0.3, 0.4) is 0 Å². The normalized spacial score (nSPS) is 26.1. The average molecular weight is 131 g/mol. The Morgan fingerprint density at radius 1 is 1.88 bits per heavy atom. The van der Waals surface area contributed by atoms with Gasteiger partial charge in [0.25, 0.3) is 0 Å². The van der Waals surface area contributed by atoms with Crippen LogP contribution in [0.4, 0.5) is 0 Å². The Kier molecular flexibility index (Phi) is 1.50. The van der Waals surface area contributed by atoms with Crippen LogP contribution >= 0.6 is 12.2 Å². The maximum Gasteiger partial charge on any atom is 0.318 e. The van der Waals surface area contributed by atoms with Gasteiger partial charge in [0.1, 0.15) is 6.54 Å². The molecule has 1 unspecified atom stereocenters. The van der Waals surface area contributed by atoms with Gasteiger partial charge in [0.2, 0.25) is 0 Å². The topological polar surface area (TPSA) is 41.2 Å². The summed E-state index contributed by atoms with van der Waals surface area (Å²) >= 11 is 4.80. The van der Waals surface area contributed by atoms with E-state index >= 15 is 0 Å². The van der Waals surface area contributed by atoms with Crippen molar-refractivity contribution < 1.29 is 5.01 Å². The highest BCUT2D eigenvalue weighted by atomic mass is 32.1. The maximum atomic E-state index is 4.80. The second-order valence-corrected chi connectivity index (χ2v) is 1.85. The van der Waals surface area contributed by atoms with Crippen LogP contribution < -0.4 is 10.4 Å². The molecular weight excluding hydrogens is 124 g/mol. The SMILES string of the molecule is CC[NH+]1N=NNC1=S. The van der Waals surface area contributed by atoms with Gasteiger partial charge in [0.05, 0.1) is 5.22 Å². The predicted molar refractivity (Wildman–Crippen MR) is 32.1 cm³/mol. The first-order chi connectivity index (χ1) is 3.84. The van der Waals surface area contributed by atoms with Gasteiger partial charge in [-0.3, -0.25) is 0 Å². The van der Waals surface area contributed by atoms with Crippen molar-refractivity contribution in [1.29, 1.82) is 0 Å². The van der Waals surface area contributed by atoms with E-state index in [0.29, 0.717) is 5.11 Å². The van der Waals surface area contributed by atoms with E-state index in [1.807, 2.05) is 6.92 Å². The summed E-state index contributed by atoms with van der Waals surface area (Å²) in [6.45, 7) is 2.85. The van der Waals surface area contributed by atoms with E-state index in [1.54, 1.807) is 0 Å². The van der Waals surface area contributed by atoms with Gasteiger partial charge < -0.3 is 0 Å². The number of thiocarbonyl (C=S) groups is 1. The van der Waals surface area contributed by atoms with Gasteiger partial charge in [-0.2, -0.15) is 5.43 Å². The van der Waals surface area contributed by atoms with Crippen molar-refractivity contribution in [3.8, 4) is 0 Å². The molecule has 8 heavy (non-hydrogen) atoms. The van der Waals surface area contributed by atoms with Crippen molar-refractivity contribution >= 4 is 17.3 Å². The molecule has 2 N–H and O–H groups in total. The Balaban J connectivity index is 2.53. The first kappa shape index (κ1) is 5.58. The second kappa shape index (κ2) is 2.15. The predicted octanol–water partition coefficient (Wildman–Crippen LogP) is -0.938. The summed E-state index contributed by atoms with van der Waals surface area (Å²) in [7, 11) is 0. The van der Waals surface area contributed by atoms with Crippen molar-refractivity contribution in [2.45, 2.75) is 6.92 Å². The maximum absolute atomic E-state index is 4.80. The highest BCUT2D eigenvalue weighted by molar-refractivity contribution is 7.79. The second-order valence-electron chi connectivity index (χ2n) is 1.44. The molecule has 4 nitrogen and oxygen atoms in total. The van der Waals surface area contributed by atoms with Gasteiger partial charge >= 0.3 is 5.11 Å². The molecule has 0 saturated carbocycles. The molecule has 1 aliphatic heterocycles. The summed E-state index contributed by atoms with van der Waals surface area (Å²) in [6.07, 6.45) is 0. The average Bonchev–Trinajstić information content (AvgIpc) is 2.14. The van der Waals surface area contributed by atoms with E-state index in [9.17, 15) is 0 Å². The summed E-state index contributed by atoms with van der Waals surface area (Å²) in [6, 6.07) is 0. The molecule has 0 amide bonds. The van der Waals surface area contributed by atoms with Crippen molar-refractivity contribution in [2.24, 2.45) is 10.4 Å². The van der Waals surface area contributed by atoms with Crippen molar-refractivity contribution in [2.75, 3.05) is 6.54 Å². The molecule has 0 spiro atoms. The fourth-order valence-corrected chi connectivity index (χ4v) is 0.698. The van der Waals surface area contributed by atoms with Crippen LogP contribution in [0.15, 0.2) is 10.4 Å². The highest BCUT2D eigenvalue weighted by Crippen LogP contribution is 1.69. The van der Waals surface area contributed by atoms with E-state index < -0.39 is 0 Å². The van der Waals surface area contributed by atoms with Gasteiger partial charge in [-0.15, -0.1) is 5.01 Å². The summed E-state index contributed by atoms with van der Waals surface area (Å²) < 4.78 is 0. The molecule has 0 radical (unpaired) electrons. The largest absolute Gasteiger partial charge is 0.318 e. The third-order valence-corrected chi connectivity index (χ3v) is 1.25. The fourth-order valence-electron chi connectivity index (χ4n) is 0.472. The number of quaternary nitrogens is 1. The van der Waals surface area contributed by atoms with Crippen LogP contribution in [-0.2, 0) is 0 Å². The van der Waals surface area contributed by atoms with Gasteiger partial charge in [0, 0.05) is 12.2 Å². The Labute approximate surface area is 52.5 Å². The van der Waals surface area contributed by atoms with Gasteiger partial charge in [-0.05, 0) is 12.1 Å². The number of hydrogen-bond donors (Lipinski definition) is 2. The quantitative estimate of drug-likeness (QED) is 0.451. The standard InChI is InChI=1S/C3H6N4S/c1-2-7-3(8)4-5-6-7/h2H2,1H3,(H,4,6,8)/p+1. The van der Waals surface area contributed by atoms with Crippen LogP contribution in [0, 0.1) is 0 Å². The minimum absolute atomic E-state index is 0.660. The Bertz CT molecular complexity index is 131. The molecule has 0 aromatic carbocycles. The zero-order valence-corrected chi connectivity index (χ0v) is 5.33. The van der Waals surface area contributed by atoms with E-state index in [4.69, 9.17) is 12.2 Å². The third-order valence-electron chi connectivity index (χ3n) is 0.919. The summed E-state index contributed by atoms with van der Waals surface area (Å²) in [5.41, 5.74) is 2.57. The zero-order chi connectivity index (χ0) is 5.98. The number of rotatable bonds is 1. The fraction of sp³-hybridized carbons (Fsp3) is 0.667. The van der Waals surface area contributed by atoms with Gasteiger partial charge in [-0.1, -0.05) is 0 Å². The third kappa shape index (κ3) is 0.823. The summed E-state index contributed by atoms with van der Waals surface area (Å²) in [4.78, 5) is 0. The van der Waals surface area contributed by atoms with Gasteiger partial charge in [0.15, 0.2) is 0 Å². The molecule has 0 aromatic heterocycles. The molecule has 1 rings (SSSR count). The molecule has 1 aliphatic rings. The first-order valence-corrected chi connectivity index (χ1v) is 2.82. The van der Waals surface area contributed by atoms with E-state index in [2.05, 4.69) is 15.9 Å². The molecule has 44 valence electrons. The van der Waals surface area contributed by atoms with E-state index in [0.717, 1.165) is 11.6 Å². The van der Waals surface area contributed by atoms with Crippen LogP contribution in [-0.4, -0.2) is 11.7 Å².